The Hall–Kier alpha value is -0.0138. The molecule has 64 valence electrons. The van der Waals surface area contributed by atoms with Crippen molar-refractivity contribution in [3.63, 3.8) is 0 Å². The average Bonchev–Trinajstić information content (AvgIpc) is 1.97. The van der Waals surface area contributed by atoms with E-state index in [1.807, 2.05) is 0 Å². The number of aryl methyl sites for hydroxylation is 2. The molecule has 0 amide bonds. The first-order valence-electron chi connectivity index (χ1n) is 4.08. The van der Waals surface area contributed by atoms with Gasteiger partial charge in [0.15, 0.2) is 0 Å². The maximum Gasteiger partial charge on any atom is 2.00 e. The molecule has 0 N–H and O–H groups in total. The molecule has 1 heteroatoms. The summed E-state index contributed by atoms with van der Waals surface area (Å²) in [6.45, 7) is 10.9. The van der Waals surface area contributed by atoms with Gasteiger partial charge >= 0.3 is 23.1 Å². The minimum Gasteiger partial charge on any atom is -1.00 e. The van der Waals surface area contributed by atoms with E-state index in [0.717, 1.165) is 0 Å². The van der Waals surface area contributed by atoms with Crippen LogP contribution in [0, 0.1) is 34.6 Å². The van der Waals surface area contributed by atoms with Crippen LogP contribution in [-0.2, 0) is 0 Å². The van der Waals surface area contributed by atoms with Gasteiger partial charge in [-0.25, -0.2) is 0 Å². The molecule has 0 aliphatic rings. The summed E-state index contributed by atoms with van der Waals surface area (Å²) >= 11 is 0. The molecule has 0 fully saturated rings. The summed E-state index contributed by atoms with van der Waals surface area (Å²) in [5.74, 6) is 0. The smallest absolute Gasteiger partial charge is 1.00 e. The van der Waals surface area contributed by atoms with E-state index in [-0.39, 0.29) is 25.9 Å². The third-order valence-corrected chi connectivity index (χ3v) is 2.74. The summed E-state index contributed by atoms with van der Waals surface area (Å²) in [5.41, 5.74) is 7.14. The van der Waals surface area contributed by atoms with Gasteiger partial charge in [-0.2, -0.15) is 0 Å². The van der Waals surface area contributed by atoms with Crippen LogP contribution in [0.15, 0.2) is 6.07 Å². The molecule has 0 aliphatic carbocycles. The zero-order chi connectivity index (χ0) is 8.59. The predicted molar refractivity (Wildman–Crippen MR) is 58.1 cm³/mol. The molecule has 1 aromatic carbocycles. The molecule has 12 heavy (non-hydrogen) atoms. The van der Waals surface area contributed by atoms with E-state index < -0.39 is 0 Å². The third-order valence-electron chi connectivity index (χ3n) is 2.74. The van der Waals surface area contributed by atoms with Gasteiger partial charge in [0.05, 0.1) is 0 Å². The third kappa shape index (κ3) is 2.02. The van der Waals surface area contributed by atoms with Gasteiger partial charge in [-0.15, -0.1) is 0 Å². The van der Waals surface area contributed by atoms with Gasteiger partial charge in [-0.1, -0.05) is 6.07 Å². The van der Waals surface area contributed by atoms with Crippen molar-refractivity contribution in [3.8, 4) is 0 Å². The van der Waals surface area contributed by atoms with Crippen LogP contribution < -0.4 is 0 Å². The largest absolute Gasteiger partial charge is 2.00 e. The van der Waals surface area contributed by atoms with Crippen molar-refractivity contribution >= 4 is 23.1 Å². The van der Waals surface area contributed by atoms with Crippen LogP contribution in [0.4, 0.5) is 0 Å². The number of benzene rings is 1. The summed E-state index contributed by atoms with van der Waals surface area (Å²) in [6.07, 6.45) is 0. The summed E-state index contributed by atoms with van der Waals surface area (Å²) in [7, 11) is 0. The van der Waals surface area contributed by atoms with Gasteiger partial charge in [0.2, 0.25) is 0 Å². The van der Waals surface area contributed by atoms with Crippen LogP contribution in [0.2, 0.25) is 0 Å². The van der Waals surface area contributed by atoms with Crippen molar-refractivity contribution in [2.24, 2.45) is 0 Å². The summed E-state index contributed by atoms with van der Waals surface area (Å²) in [6, 6.07) is 2.26. The molecule has 0 saturated carbocycles. The van der Waals surface area contributed by atoms with Crippen molar-refractivity contribution in [1.82, 2.24) is 0 Å². The van der Waals surface area contributed by atoms with Crippen LogP contribution in [0.1, 0.15) is 30.7 Å². The molecule has 0 aliphatic heterocycles. The molecule has 0 bridgehead atoms. The first-order chi connectivity index (χ1) is 5.04. The zero-order valence-electron chi connectivity index (χ0n) is 10.8. The fourth-order valence-corrected chi connectivity index (χ4v) is 1.41. The van der Waals surface area contributed by atoms with E-state index in [1.165, 1.54) is 27.8 Å². The molecule has 0 unspecified atom stereocenters. The Morgan fingerprint density at radius 1 is 0.750 bits per heavy atom. The van der Waals surface area contributed by atoms with E-state index >= 15 is 0 Å². The Balaban J connectivity index is -0.000000403. The summed E-state index contributed by atoms with van der Waals surface area (Å²) in [5, 5.41) is 0. The van der Waals surface area contributed by atoms with Gasteiger partial charge < -0.3 is 2.85 Å². The molecule has 0 atom stereocenters. The van der Waals surface area contributed by atoms with Crippen LogP contribution in [0.3, 0.4) is 0 Å². The standard InChI is InChI=1S/C11H16.Mg.2H/c1-7-6-8(2)10(4)11(5)9(7)3;;;/h6H,1-5H3;;;/q;+2;2*-1. The molecule has 0 nitrogen and oxygen atoms in total. The monoisotopic (exact) mass is 174 g/mol. The maximum atomic E-state index is 2.26. The van der Waals surface area contributed by atoms with Crippen molar-refractivity contribution in [1.29, 1.82) is 0 Å². The SMILES string of the molecule is Cc1cc(C)c(C)c(C)c1C.[H-].[H-].[Mg+2]. The Labute approximate surface area is 94.5 Å². The van der Waals surface area contributed by atoms with Gasteiger partial charge in [-0.3, -0.25) is 0 Å². The number of rotatable bonds is 0. The van der Waals surface area contributed by atoms with E-state index in [2.05, 4.69) is 40.7 Å². The first-order valence-corrected chi connectivity index (χ1v) is 4.08. The Morgan fingerprint density at radius 2 is 1.08 bits per heavy atom. The number of hydrogen-bond acceptors (Lipinski definition) is 0. The molecule has 0 radical (unpaired) electrons. The van der Waals surface area contributed by atoms with Crippen LogP contribution in [0.25, 0.3) is 0 Å². The van der Waals surface area contributed by atoms with Crippen LogP contribution in [-0.4, -0.2) is 23.1 Å². The van der Waals surface area contributed by atoms with Crippen molar-refractivity contribution in [2.75, 3.05) is 0 Å². The van der Waals surface area contributed by atoms with Crippen molar-refractivity contribution < 1.29 is 2.85 Å². The molecule has 0 aromatic heterocycles. The fraction of sp³-hybridized carbons (Fsp3) is 0.455. The summed E-state index contributed by atoms with van der Waals surface area (Å²) < 4.78 is 0. The predicted octanol–water partition coefficient (Wildman–Crippen LogP) is 3.07. The molecular weight excluding hydrogens is 156 g/mol. The van der Waals surface area contributed by atoms with Gasteiger partial charge in [0, 0.05) is 0 Å². The Bertz CT molecular complexity index is 270. The fourth-order valence-electron chi connectivity index (χ4n) is 1.41. The second-order valence-electron chi connectivity index (χ2n) is 3.39. The molecule has 0 saturated heterocycles. The quantitative estimate of drug-likeness (QED) is 0.531. The van der Waals surface area contributed by atoms with Gasteiger partial charge in [-0.05, 0) is 62.4 Å². The van der Waals surface area contributed by atoms with Crippen LogP contribution in [0.5, 0.6) is 0 Å². The Kier molecular flexibility index (Phi) is 4.28. The maximum absolute atomic E-state index is 2.26. The molecule has 1 rings (SSSR count). The second-order valence-corrected chi connectivity index (χ2v) is 3.39. The van der Waals surface area contributed by atoms with Gasteiger partial charge in [0.1, 0.15) is 0 Å². The van der Waals surface area contributed by atoms with Crippen LogP contribution >= 0.6 is 0 Å². The average molecular weight is 175 g/mol. The first kappa shape index (κ1) is 12.0. The molecule has 1 aromatic rings. The van der Waals surface area contributed by atoms with Crippen molar-refractivity contribution in [2.45, 2.75) is 34.6 Å². The van der Waals surface area contributed by atoms with E-state index in [1.54, 1.807) is 0 Å². The van der Waals surface area contributed by atoms with E-state index in [0.29, 0.717) is 0 Å². The minimum absolute atomic E-state index is 0. The zero-order valence-corrected chi connectivity index (χ0v) is 10.2. The Morgan fingerprint density at radius 3 is 1.42 bits per heavy atom. The summed E-state index contributed by atoms with van der Waals surface area (Å²) in [4.78, 5) is 0. The minimum atomic E-state index is 0. The molecular formula is C11H18Mg. The van der Waals surface area contributed by atoms with Gasteiger partial charge in [0.25, 0.3) is 0 Å². The molecule has 0 spiro atoms. The normalized spacial score (nSPS) is 9.42. The number of hydrogen-bond donors (Lipinski definition) is 0. The van der Waals surface area contributed by atoms with Crippen molar-refractivity contribution in [3.05, 3.63) is 33.9 Å². The molecule has 0 heterocycles. The van der Waals surface area contributed by atoms with E-state index in [9.17, 15) is 0 Å². The topological polar surface area (TPSA) is 0 Å². The second kappa shape index (κ2) is 4.29. The van der Waals surface area contributed by atoms with E-state index in [4.69, 9.17) is 0 Å².